The lowest BCUT2D eigenvalue weighted by Crippen LogP contribution is -2.17. The Bertz CT molecular complexity index is 504. The molecule has 1 aliphatic heterocycles. The van der Waals surface area contributed by atoms with Gasteiger partial charge in [0.15, 0.2) is 0 Å². The van der Waals surface area contributed by atoms with Crippen molar-refractivity contribution in [3.8, 4) is 0 Å². The van der Waals surface area contributed by atoms with Gasteiger partial charge in [-0.2, -0.15) is 0 Å². The normalized spacial score (nSPS) is 16.3. The quantitative estimate of drug-likeness (QED) is 0.576. The van der Waals surface area contributed by atoms with Crippen LogP contribution in [-0.4, -0.2) is 30.5 Å². The summed E-state index contributed by atoms with van der Waals surface area (Å²) < 4.78 is 2.34. The first-order valence-electron chi connectivity index (χ1n) is 5.51. The van der Waals surface area contributed by atoms with Gasteiger partial charge in [0.25, 0.3) is 0 Å². The molecule has 2 aromatic rings. The molecule has 0 unspecified atom stereocenters. The summed E-state index contributed by atoms with van der Waals surface area (Å²) >= 11 is 0. The molecule has 76 valence electrons. The molecule has 3 nitrogen and oxygen atoms in total. The smallest absolute Gasteiger partial charge is 0.139 e. The molecule has 0 radical (unpaired) electrons. The average Bonchev–Trinajstić information content (AvgIpc) is 2.42. The van der Waals surface area contributed by atoms with Gasteiger partial charge in [0.2, 0.25) is 0 Å². The predicted octanol–water partition coefficient (Wildman–Crippen LogP) is -0.560. The summed E-state index contributed by atoms with van der Waals surface area (Å²) in [7, 11) is 2.12. The highest BCUT2D eigenvalue weighted by atomic mass is 15.1. The van der Waals surface area contributed by atoms with E-state index in [1.54, 1.807) is 0 Å². The molecule has 4 heteroatoms. The Hall–Kier alpha value is -1.29. The van der Waals surface area contributed by atoms with Gasteiger partial charge in [0.05, 0.1) is 11.0 Å². The number of hydrogen-bond acceptors (Lipinski definition) is 2. The standard InChI is InChI=1S/C11H14BN3/c12-8-1-2-10-9(7-8)14-11-3-4-13-5-6-15(10)11/h1-2,7,13H,3-6,12H2. The first kappa shape index (κ1) is 8.98. The summed E-state index contributed by atoms with van der Waals surface area (Å²) in [6, 6.07) is 6.52. The van der Waals surface area contributed by atoms with Crippen LogP contribution in [0.2, 0.25) is 0 Å². The van der Waals surface area contributed by atoms with Gasteiger partial charge in [-0.1, -0.05) is 11.5 Å². The van der Waals surface area contributed by atoms with E-state index in [-0.39, 0.29) is 0 Å². The zero-order valence-electron chi connectivity index (χ0n) is 8.95. The van der Waals surface area contributed by atoms with Crippen molar-refractivity contribution in [1.29, 1.82) is 0 Å². The Morgan fingerprint density at radius 2 is 2.27 bits per heavy atom. The SMILES string of the molecule is Bc1ccc2c(c1)nc1n2CCNCC1. The van der Waals surface area contributed by atoms with Crippen molar-refractivity contribution in [1.82, 2.24) is 14.9 Å². The van der Waals surface area contributed by atoms with E-state index < -0.39 is 0 Å². The molecule has 1 aliphatic rings. The second kappa shape index (κ2) is 3.38. The lowest BCUT2D eigenvalue weighted by molar-refractivity contribution is 0.657. The Labute approximate surface area is 89.9 Å². The first-order chi connectivity index (χ1) is 7.34. The highest BCUT2D eigenvalue weighted by Crippen LogP contribution is 2.16. The van der Waals surface area contributed by atoms with Crippen LogP contribution in [0, 0.1) is 0 Å². The molecular formula is C11H14BN3. The second-order valence-corrected chi connectivity index (χ2v) is 4.17. The van der Waals surface area contributed by atoms with Crippen molar-refractivity contribution in [2.45, 2.75) is 13.0 Å². The zero-order chi connectivity index (χ0) is 10.3. The molecule has 1 aromatic heterocycles. The minimum atomic E-state index is 1.04. The van der Waals surface area contributed by atoms with Crippen LogP contribution in [0.4, 0.5) is 0 Å². The summed E-state index contributed by atoms with van der Waals surface area (Å²) in [6.07, 6.45) is 1.04. The number of aromatic nitrogens is 2. The lowest BCUT2D eigenvalue weighted by atomic mass is 9.96. The van der Waals surface area contributed by atoms with Crippen LogP contribution in [0.5, 0.6) is 0 Å². The van der Waals surface area contributed by atoms with E-state index >= 15 is 0 Å². The summed E-state index contributed by atoms with van der Waals surface area (Å²) in [5.74, 6) is 1.22. The van der Waals surface area contributed by atoms with Gasteiger partial charge in [-0.3, -0.25) is 0 Å². The van der Waals surface area contributed by atoms with Crippen molar-refractivity contribution in [3.63, 3.8) is 0 Å². The lowest BCUT2D eigenvalue weighted by Gasteiger charge is -2.03. The maximum Gasteiger partial charge on any atom is 0.139 e. The molecular weight excluding hydrogens is 185 g/mol. The largest absolute Gasteiger partial charge is 0.327 e. The van der Waals surface area contributed by atoms with E-state index in [4.69, 9.17) is 4.98 Å². The van der Waals surface area contributed by atoms with Crippen molar-refractivity contribution in [3.05, 3.63) is 24.0 Å². The van der Waals surface area contributed by atoms with E-state index in [1.807, 2.05) is 0 Å². The molecule has 2 heterocycles. The van der Waals surface area contributed by atoms with Crippen molar-refractivity contribution >= 4 is 24.3 Å². The Morgan fingerprint density at radius 1 is 1.33 bits per heavy atom. The van der Waals surface area contributed by atoms with Gasteiger partial charge in [-0.05, 0) is 12.1 Å². The number of nitrogens with one attached hydrogen (secondary N) is 1. The number of rotatable bonds is 0. The molecule has 15 heavy (non-hydrogen) atoms. The van der Waals surface area contributed by atoms with E-state index in [0.717, 1.165) is 31.6 Å². The van der Waals surface area contributed by atoms with Gasteiger partial charge >= 0.3 is 0 Å². The maximum absolute atomic E-state index is 4.70. The minimum Gasteiger partial charge on any atom is -0.327 e. The first-order valence-corrected chi connectivity index (χ1v) is 5.51. The number of benzene rings is 1. The van der Waals surface area contributed by atoms with E-state index in [0.29, 0.717) is 0 Å². The Kier molecular flexibility index (Phi) is 2.02. The third-order valence-electron chi connectivity index (χ3n) is 3.02. The summed E-state index contributed by atoms with van der Waals surface area (Å²) in [4.78, 5) is 4.70. The molecule has 0 bridgehead atoms. The topological polar surface area (TPSA) is 29.9 Å². The third kappa shape index (κ3) is 1.45. The van der Waals surface area contributed by atoms with Gasteiger partial charge in [-0.15, -0.1) is 0 Å². The summed E-state index contributed by atoms with van der Waals surface area (Å²) in [5.41, 5.74) is 3.71. The van der Waals surface area contributed by atoms with Crippen LogP contribution >= 0.6 is 0 Å². The molecule has 0 saturated heterocycles. The molecule has 0 atom stereocenters. The van der Waals surface area contributed by atoms with Crippen LogP contribution in [0.25, 0.3) is 11.0 Å². The van der Waals surface area contributed by atoms with Crippen molar-refractivity contribution < 1.29 is 0 Å². The van der Waals surface area contributed by atoms with Crippen LogP contribution in [0.1, 0.15) is 5.82 Å². The summed E-state index contributed by atoms with van der Waals surface area (Å²) in [5, 5.41) is 3.40. The fourth-order valence-electron chi connectivity index (χ4n) is 2.25. The second-order valence-electron chi connectivity index (χ2n) is 4.17. The van der Waals surface area contributed by atoms with Gasteiger partial charge in [-0.25, -0.2) is 4.98 Å². The average molecular weight is 199 g/mol. The molecule has 3 rings (SSSR count). The van der Waals surface area contributed by atoms with Crippen LogP contribution in [0.15, 0.2) is 18.2 Å². The third-order valence-corrected chi connectivity index (χ3v) is 3.02. The van der Waals surface area contributed by atoms with Crippen molar-refractivity contribution in [2.24, 2.45) is 0 Å². The molecule has 0 spiro atoms. The highest BCUT2D eigenvalue weighted by molar-refractivity contribution is 6.33. The van der Waals surface area contributed by atoms with Gasteiger partial charge < -0.3 is 9.88 Å². The number of hydrogen-bond donors (Lipinski definition) is 1. The number of nitrogens with zero attached hydrogens (tertiary/aromatic N) is 2. The van der Waals surface area contributed by atoms with Crippen molar-refractivity contribution in [2.75, 3.05) is 13.1 Å². The van der Waals surface area contributed by atoms with E-state index in [1.165, 1.54) is 16.8 Å². The predicted molar refractivity (Wildman–Crippen MR) is 64.5 cm³/mol. The Balaban J connectivity index is 2.23. The van der Waals surface area contributed by atoms with Gasteiger partial charge in [0, 0.05) is 26.1 Å². The molecule has 0 fully saturated rings. The van der Waals surface area contributed by atoms with E-state index in [2.05, 4.69) is 35.9 Å². The van der Waals surface area contributed by atoms with Crippen LogP contribution < -0.4 is 10.8 Å². The molecule has 1 aromatic carbocycles. The van der Waals surface area contributed by atoms with E-state index in [9.17, 15) is 0 Å². The fourth-order valence-corrected chi connectivity index (χ4v) is 2.25. The summed E-state index contributed by atoms with van der Waals surface area (Å²) in [6.45, 7) is 3.13. The van der Waals surface area contributed by atoms with Gasteiger partial charge in [0.1, 0.15) is 13.7 Å². The molecule has 0 aliphatic carbocycles. The Morgan fingerprint density at radius 3 is 3.20 bits per heavy atom. The molecule has 1 N–H and O–H groups in total. The molecule has 0 saturated carbocycles. The minimum absolute atomic E-state index is 1.04. The highest BCUT2D eigenvalue weighted by Gasteiger charge is 2.12. The monoisotopic (exact) mass is 199 g/mol. The van der Waals surface area contributed by atoms with Crippen LogP contribution in [0.3, 0.4) is 0 Å². The van der Waals surface area contributed by atoms with Crippen LogP contribution in [-0.2, 0) is 13.0 Å². The number of imidazole rings is 1. The maximum atomic E-state index is 4.70. The number of fused-ring (bicyclic) bond motifs is 3. The fraction of sp³-hybridized carbons (Fsp3) is 0.364. The zero-order valence-corrected chi connectivity index (χ0v) is 8.95. The molecule has 0 amide bonds.